The first-order valence-electron chi connectivity index (χ1n) is 7.18. The molecular weight excluding hydrogens is 292 g/mol. The fourth-order valence-corrected chi connectivity index (χ4v) is 2.34. The van der Waals surface area contributed by atoms with Gasteiger partial charge in [0.15, 0.2) is 0 Å². The molecule has 0 bridgehead atoms. The van der Waals surface area contributed by atoms with E-state index in [4.69, 9.17) is 0 Å². The maximum Gasteiger partial charge on any atom is 0.292 e. The third-order valence-corrected chi connectivity index (χ3v) is 3.51. The zero-order valence-electron chi connectivity index (χ0n) is 12.6. The summed E-state index contributed by atoms with van der Waals surface area (Å²) in [6, 6.07) is 12.9. The summed E-state index contributed by atoms with van der Waals surface area (Å²) in [5, 5.41) is 14.3. The SMILES string of the molecule is Cc1ccc(Nc2ccc(Cn3ccnc3)cc2)c([N+](=O)[O-])c1. The molecule has 0 spiro atoms. The van der Waals surface area contributed by atoms with Crippen molar-refractivity contribution >= 4 is 17.1 Å². The molecule has 116 valence electrons. The Labute approximate surface area is 133 Å². The number of imidazole rings is 1. The Morgan fingerprint density at radius 3 is 2.65 bits per heavy atom. The van der Waals surface area contributed by atoms with Gasteiger partial charge in [-0.15, -0.1) is 0 Å². The second-order valence-corrected chi connectivity index (χ2v) is 5.33. The number of anilines is 2. The Morgan fingerprint density at radius 2 is 2.00 bits per heavy atom. The van der Waals surface area contributed by atoms with Crippen LogP contribution in [-0.2, 0) is 6.54 Å². The highest BCUT2D eigenvalue weighted by molar-refractivity contribution is 5.70. The van der Waals surface area contributed by atoms with E-state index in [1.807, 2.05) is 48.0 Å². The van der Waals surface area contributed by atoms with Crippen LogP contribution in [0, 0.1) is 17.0 Å². The number of aryl methyl sites for hydroxylation is 1. The molecule has 0 radical (unpaired) electrons. The summed E-state index contributed by atoms with van der Waals surface area (Å²) in [4.78, 5) is 14.8. The molecule has 0 aliphatic carbocycles. The van der Waals surface area contributed by atoms with E-state index in [1.165, 1.54) is 0 Å². The van der Waals surface area contributed by atoms with E-state index < -0.39 is 0 Å². The van der Waals surface area contributed by atoms with Crippen LogP contribution < -0.4 is 5.32 Å². The number of hydrogen-bond donors (Lipinski definition) is 1. The molecule has 0 amide bonds. The van der Waals surface area contributed by atoms with Crippen molar-refractivity contribution in [1.29, 1.82) is 0 Å². The van der Waals surface area contributed by atoms with Crippen molar-refractivity contribution in [3.63, 3.8) is 0 Å². The van der Waals surface area contributed by atoms with E-state index in [1.54, 1.807) is 24.7 Å². The Bertz CT molecular complexity index is 811. The van der Waals surface area contributed by atoms with Gasteiger partial charge in [-0.25, -0.2) is 4.98 Å². The van der Waals surface area contributed by atoms with Crippen LogP contribution >= 0.6 is 0 Å². The van der Waals surface area contributed by atoms with Crippen LogP contribution in [0.1, 0.15) is 11.1 Å². The Balaban J connectivity index is 1.77. The molecule has 3 aromatic rings. The number of nitro groups is 1. The molecule has 1 aromatic heterocycles. The largest absolute Gasteiger partial charge is 0.350 e. The van der Waals surface area contributed by atoms with Crippen LogP contribution in [0.15, 0.2) is 61.2 Å². The number of aromatic nitrogens is 2. The van der Waals surface area contributed by atoms with Crippen molar-refractivity contribution in [2.24, 2.45) is 0 Å². The van der Waals surface area contributed by atoms with E-state index in [0.29, 0.717) is 5.69 Å². The monoisotopic (exact) mass is 308 g/mol. The lowest BCUT2D eigenvalue weighted by molar-refractivity contribution is -0.384. The second-order valence-electron chi connectivity index (χ2n) is 5.33. The quantitative estimate of drug-likeness (QED) is 0.573. The van der Waals surface area contributed by atoms with Crippen molar-refractivity contribution in [2.45, 2.75) is 13.5 Å². The van der Waals surface area contributed by atoms with Gasteiger partial charge in [-0.2, -0.15) is 0 Å². The van der Waals surface area contributed by atoms with E-state index >= 15 is 0 Å². The molecule has 0 unspecified atom stereocenters. The summed E-state index contributed by atoms with van der Waals surface area (Å²) in [6.45, 7) is 2.58. The minimum absolute atomic E-state index is 0.0764. The van der Waals surface area contributed by atoms with Gasteiger partial charge in [0.05, 0.1) is 11.3 Å². The predicted octanol–water partition coefficient (Wildman–Crippen LogP) is 3.89. The molecule has 1 N–H and O–H groups in total. The minimum Gasteiger partial charge on any atom is -0.350 e. The summed E-state index contributed by atoms with van der Waals surface area (Å²) < 4.78 is 1.98. The molecule has 0 aliphatic rings. The van der Waals surface area contributed by atoms with E-state index in [-0.39, 0.29) is 10.6 Å². The average molecular weight is 308 g/mol. The van der Waals surface area contributed by atoms with Crippen molar-refractivity contribution < 1.29 is 4.92 Å². The number of nitrogens with zero attached hydrogens (tertiary/aromatic N) is 3. The lowest BCUT2D eigenvalue weighted by atomic mass is 10.1. The molecule has 0 atom stereocenters. The minimum atomic E-state index is -0.372. The van der Waals surface area contributed by atoms with Gasteiger partial charge >= 0.3 is 0 Å². The van der Waals surface area contributed by atoms with Gasteiger partial charge in [0.25, 0.3) is 5.69 Å². The number of hydrogen-bond acceptors (Lipinski definition) is 4. The predicted molar refractivity (Wildman–Crippen MR) is 88.9 cm³/mol. The van der Waals surface area contributed by atoms with Gasteiger partial charge < -0.3 is 9.88 Å². The summed E-state index contributed by atoms with van der Waals surface area (Å²) in [6.07, 6.45) is 5.41. The average Bonchev–Trinajstić information content (AvgIpc) is 3.04. The molecule has 6 heteroatoms. The van der Waals surface area contributed by atoms with Crippen LogP contribution in [0.5, 0.6) is 0 Å². The fourth-order valence-electron chi connectivity index (χ4n) is 2.34. The summed E-state index contributed by atoms with van der Waals surface area (Å²) in [5.74, 6) is 0. The molecule has 2 aromatic carbocycles. The van der Waals surface area contributed by atoms with Crippen LogP contribution in [0.3, 0.4) is 0 Å². The third-order valence-electron chi connectivity index (χ3n) is 3.51. The van der Waals surface area contributed by atoms with Gasteiger partial charge in [0.1, 0.15) is 5.69 Å². The van der Waals surface area contributed by atoms with Gasteiger partial charge in [-0.3, -0.25) is 10.1 Å². The van der Waals surface area contributed by atoms with Gasteiger partial charge in [-0.05, 0) is 36.2 Å². The molecule has 1 heterocycles. The number of nitro benzene ring substituents is 1. The first-order chi connectivity index (χ1) is 11.1. The van der Waals surface area contributed by atoms with Gasteiger partial charge in [0.2, 0.25) is 0 Å². The van der Waals surface area contributed by atoms with Crippen LogP contribution in [-0.4, -0.2) is 14.5 Å². The fraction of sp³-hybridized carbons (Fsp3) is 0.118. The molecule has 3 rings (SSSR count). The van der Waals surface area contributed by atoms with Crippen molar-refractivity contribution in [3.05, 3.63) is 82.4 Å². The maximum atomic E-state index is 11.2. The summed E-state index contributed by atoms with van der Waals surface area (Å²) in [7, 11) is 0. The number of rotatable bonds is 5. The second kappa shape index (κ2) is 6.31. The first kappa shape index (κ1) is 14.8. The lowest BCUT2D eigenvalue weighted by Gasteiger charge is -2.09. The topological polar surface area (TPSA) is 73.0 Å². The number of benzene rings is 2. The van der Waals surface area contributed by atoms with E-state index in [2.05, 4.69) is 10.3 Å². The molecule has 0 saturated carbocycles. The Kier molecular flexibility index (Phi) is 4.05. The van der Waals surface area contributed by atoms with Gasteiger partial charge in [0, 0.05) is 30.7 Å². The van der Waals surface area contributed by atoms with Crippen molar-refractivity contribution in [3.8, 4) is 0 Å². The molecule has 0 saturated heterocycles. The highest BCUT2D eigenvalue weighted by atomic mass is 16.6. The van der Waals surface area contributed by atoms with Gasteiger partial charge in [-0.1, -0.05) is 18.2 Å². The lowest BCUT2D eigenvalue weighted by Crippen LogP contribution is -1.99. The van der Waals surface area contributed by atoms with Crippen LogP contribution in [0.2, 0.25) is 0 Å². The van der Waals surface area contributed by atoms with E-state index in [0.717, 1.165) is 23.4 Å². The molecule has 23 heavy (non-hydrogen) atoms. The molecule has 0 fully saturated rings. The zero-order chi connectivity index (χ0) is 16.2. The van der Waals surface area contributed by atoms with Crippen molar-refractivity contribution in [1.82, 2.24) is 9.55 Å². The summed E-state index contributed by atoms with van der Waals surface area (Å²) >= 11 is 0. The first-order valence-corrected chi connectivity index (χ1v) is 7.18. The Hall–Kier alpha value is -3.15. The smallest absolute Gasteiger partial charge is 0.292 e. The Morgan fingerprint density at radius 1 is 1.22 bits per heavy atom. The highest BCUT2D eigenvalue weighted by Gasteiger charge is 2.13. The van der Waals surface area contributed by atoms with E-state index in [9.17, 15) is 10.1 Å². The highest BCUT2D eigenvalue weighted by Crippen LogP contribution is 2.28. The molecule has 6 nitrogen and oxygen atoms in total. The standard InChI is InChI=1S/C17H16N4O2/c1-13-2-7-16(17(10-13)21(22)23)19-15-5-3-14(4-6-15)11-20-9-8-18-12-20/h2-10,12,19H,11H2,1H3. The molecule has 0 aliphatic heterocycles. The number of nitrogens with one attached hydrogen (secondary N) is 1. The molecular formula is C17H16N4O2. The normalized spacial score (nSPS) is 10.5. The van der Waals surface area contributed by atoms with Crippen LogP contribution in [0.4, 0.5) is 17.1 Å². The van der Waals surface area contributed by atoms with Crippen LogP contribution in [0.25, 0.3) is 0 Å². The van der Waals surface area contributed by atoms with Crippen molar-refractivity contribution in [2.75, 3.05) is 5.32 Å². The maximum absolute atomic E-state index is 11.2. The summed E-state index contributed by atoms with van der Waals surface area (Å²) in [5.41, 5.74) is 3.37. The third kappa shape index (κ3) is 3.55. The zero-order valence-corrected chi connectivity index (χ0v) is 12.6.